The van der Waals surface area contributed by atoms with Crippen LogP contribution in [0.5, 0.6) is 0 Å². The zero-order valence-electron chi connectivity index (χ0n) is 12.7. The smallest absolute Gasteiger partial charge is 0.180 e. The number of ether oxygens (including phenoxy) is 1. The second-order valence-electron chi connectivity index (χ2n) is 5.51. The van der Waals surface area contributed by atoms with E-state index in [4.69, 9.17) is 11.2 Å². The van der Waals surface area contributed by atoms with Gasteiger partial charge in [0.05, 0.1) is 6.61 Å². The number of hydrogen-bond acceptors (Lipinski definition) is 4. The van der Waals surface area contributed by atoms with Crippen molar-refractivity contribution in [2.24, 2.45) is 0 Å². The van der Waals surface area contributed by atoms with Crippen molar-refractivity contribution < 1.29 is 4.74 Å². The number of aryl methyl sites for hydroxylation is 1. The van der Waals surface area contributed by atoms with E-state index in [2.05, 4.69) is 45.8 Å². The van der Waals surface area contributed by atoms with Gasteiger partial charge in [-0.05, 0) is 29.9 Å². The van der Waals surface area contributed by atoms with Gasteiger partial charge in [0.15, 0.2) is 11.9 Å². The molecule has 0 spiro atoms. The van der Waals surface area contributed by atoms with Crippen LogP contribution in [0.1, 0.15) is 34.4 Å². The summed E-state index contributed by atoms with van der Waals surface area (Å²) in [7, 11) is 0. The fraction of sp³-hybridized carbons (Fsp3) is 0.222. The zero-order chi connectivity index (χ0) is 15.8. The average Bonchev–Trinajstić information content (AvgIpc) is 3.08. The Balaban J connectivity index is 1.80. The Bertz CT molecular complexity index is 889. The Hall–Kier alpha value is -2.42. The van der Waals surface area contributed by atoms with Gasteiger partial charge in [-0.1, -0.05) is 36.3 Å². The van der Waals surface area contributed by atoms with Gasteiger partial charge in [0.25, 0.3) is 0 Å². The van der Waals surface area contributed by atoms with Crippen molar-refractivity contribution in [3.63, 3.8) is 0 Å². The summed E-state index contributed by atoms with van der Waals surface area (Å²) in [6.07, 6.45) is 6.03. The van der Waals surface area contributed by atoms with E-state index in [0.717, 1.165) is 17.2 Å². The number of fused-ring (bicyclic) bond motifs is 3. The lowest BCUT2D eigenvalue weighted by molar-refractivity contribution is 0.0753. The second kappa shape index (κ2) is 5.65. The molecular weight excluding hydrogens is 306 g/mol. The minimum Gasteiger partial charge on any atom is -0.353 e. The largest absolute Gasteiger partial charge is 0.353 e. The van der Waals surface area contributed by atoms with Crippen molar-refractivity contribution in [1.29, 1.82) is 0 Å². The molecule has 1 aliphatic rings. The van der Waals surface area contributed by atoms with E-state index in [-0.39, 0.29) is 0 Å². The number of hydrogen-bond donors (Lipinski definition) is 0. The number of rotatable bonds is 2. The molecule has 4 nitrogen and oxygen atoms in total. The summed E-state index contributed by atoms with van der Waals surface area (Å²) in [5, 5.41) is 11.7. The van der Waals surface area contributed by atoms with E-state index in [1.165, 1.54) is 16.7 Å². The van der Waals surface area contributed by atoms with Gasteiger partial charge < -0.3 is 4.74 Å². The maximum atomic E-state index is 5.90. The topological polar surface area (TPSA) is 39.9 Å². The van der Waals surface area contributed by atoms with Crippen LogP contribution in [0.4, 0.5) is 0 Å². The minimum absolute atomic E-state index is 0.458. The van der Waals surface area contributed by atoms with E-state index in [9.17, 15) is 0 Å². The summed E-state index contributed by atoms with van der Waals surface area (Å²) in [5.74, 6) is 4.19. The summed E-state index contributed by atoms with van der Waals surface area (Å²) < 4.78 is 7.94. The average molecular weight is 321 g/mol. The zero-order valence-corrected chi connectivity index (χ0v) is 13.5. The lowest BCUT2D eigenvalue weighted by Gasteiger charge is -2.07. The first kappa shape index (κ1) is 14.2. The van der Waals surface area contributed by atoms with Crippen LogP contribution in [-0.4, -0.2) is 14.8 Å². The predicted molar refractivity (Wildman–Crippen MR) is 89.6 cm³/mol. The number of terminal acetylenes is 1. The highest BCUT2D eigenvalue weighted by atomic mass is 32.1. The Morgan fingerprint density at radius 1 is 1.35 bits per heavy atom. The van der Waals surface area contributed by atoms with Crippen molar-refractivity contribution in [3.8, 4) is 17.3 Å². The molecule has 0 aliphatic carbocycles. The van der Waals surface area contributed by atoms with E-state index in [1.54, 1.807) is 11.3 Å². The maximum Gasteiger partial charge on any atom is 0.180 e. The first-order valence-corrected chi connectivity index (χ1v) is 8.29. The van der Waals surface area contributed by atoms with Crippen LogP contribution < -0.4 is 0 Å². The Labute approximate surface area is 138 Å². The molecule has 5 heteroatoms. The van der Waals surface area contributed by atoms with Crippen LogP contribution in [0.25, 0.3) is 5.00 Å². The first-order valence-electron chi connectivity index (χ1n) is 7.41. The predicted octanol–water partition coefficient (Wildman–Crippen LogP) is 3.43. The summed E-state index contributed by atoms with van der Waals surface area (Å²) >= 11 is 1.69. The Kier molecular flexibility index (Phi) is 3.49. The monoisotopic (exact) mass is 321 g/mol. The van der Waals surface area contributed by atoms with E-state index in [1.807, 2.05) is 17.6 Å². The molecule has 3 aromatic rings. The summed E-state index contributed by atoms with van der Waals surface area (Å²) in [5.41, 5.74) is 3.74. The molecule has 0 N–H and O–H groups in total. The summed E-state index contributed by atoms with van der Waals surface area (Å²) in [6, 6.07) is 10.4. The summed E-state index contributed by atoms with van der Waals surface area (Å²) in [4.78, 5) is 0. The molecule has 23 heavy (non-hydrogen) atoms. The number of benzene rings is 1. The van der Waals surface area contributed by atoms with Crippen LogP contribution in [-0.2, 0) is 17.8 Å². The van der Waals surface area contributed by atoms with Gasteiger partial charge in [-0.2, -0.15) is 0 Å². The third-order valence-corrected chi connectivity index (χ3v) is 5.08. The van der Waals surface area contributed by atoms with Crippen LogP contribution >= 0.6 is 11.3 Å². The molecule has 0 bridgehead atoms. The fourth-order valence-electron chi connectivity index (χ4n) is 2.88. The van der Waals surface area contributed by atoms with E-state index >= 15 is 0 Å². The van der Waals surface area contributed by atoms with Crippen molar-refractivity contribution in [1.82, 2.24) is 14.8 Å². The Morgan fingerprint density at radius 2 is 2.17 bits per heavy atom. The van der Waals surface area contributed by atoms with Gasteiger partial charge in [0.1, 0.15) is 10.8 Å². The number of aromatic nitrogens is 3. The van der Waals surface area contributed by atoms with Crippen molar-refractivity contribution in [2.45, 2.75) is 26.1 Å². The number of nitrogens with zero attached hydrogens (tertiary/aromatic N) is 3. The Morgan fingerprint density at radius 3 is 2.96 bits per heavy atom. The molecular formula is C18H15N3OS. The molecule has 1 aromatic carbocycles. The van der Waals surface area contributed by atoms with E-state index in [0.29, 0.717) is 12.4 Å². The third-order valence-electron chi connectivity index (χ3n) is 4.03. The highest BCUT2D eigenvalue weighted by Crippen LogP contribution is 2.35. The molecule has 4 rings (SSSR count). The normalized spacial score (nSPS) is 16.3. The molecule has 0 saturated heterocycles. The molecule has 114 valence electrons. The molecule has 1 unspecified atom stereocenters. The molecule has 2 aromatic heterocycles. The SMILES string of the molecule is C#CC1OCc2c(Cc3ccccc3)csc2-n2c(C)nnc21. The van der Waals surface area contributed by atoms with Gasteiger partial charge in [-0.3, -0.25) is 4.57 Å². The van der Waals surface area contributed by atoms with Crippen molar-refractivity contribution in [3.05, 3.63) is 64.1 Å². The maximum absolute atomic E-state index is 5.90. The van der Waals surface area contributed by atoms with E-state index < -0.39 is 6.10 Å². The lowest BCUT2D eigenvalue weighted by atomic mass is 10.0. The number of thiophene rings is 1. The molecule has 0 saturated carbocycles. The van der Waals surface area contributed by atoms with Gasteiger partial charge in [0.2, 0.25) is 0 Å². The van der Waals surface area contributed by atoms with Gasteiger partial charge >= 0.3 is 0 Å². The standard InChI is InChI=1S/C18H15N3OS/c1-3-16-17-20-19-12(2)21(17)18-15(10-22-16)14(11-23-18)9-13-7-5-4-6-8-13/h1,4-8,11,16H,9-10H2,2H3. The molecule has 0 amide bonds. The highest BCUT2D eigenvalue weighted by molar-refractivity contribution is 7.12. The van der Waals surface area contributed by atoms with Gasteiger partial charge in [-0.15, -0.1) is 28.0 Å². The van der Waals surface area contributed by atoms with Crippen molar-refractivity contribution >= 4 is 11.3 Å². The van der Waals surface area contributed by atoms with Crippen LogP contribution in [0.2, 0.25) is 0 Å². The van der Waals surface area contributed by atoms with Crippen molar-refractivity contribution in [2.75, 3.05) is 0 Å². The quantitative estimate of drug-likeness (QED) is 0.679. The van der Waals surface area contributed by atoms with Gasteiger partial charge in [-0.25, -0.2) is 0 Å². The highest BCUT2D eigenvalue weighted by Gasteiger charge is 2.27. The van der Waals surface area contributed by atoms with Gasteiger partial charge in [0, 0.05) is 5.56 Å². The van der Waals surface area contributed by atoms with Crippen LogP contribution in [0, 0.1) is 19.3 Å². The first-order chi connectivity index (χ1) is 11.3. The molecule has 0 fully saturated rings. The lowest BCUT2D eigenvalue weighted by Crippen LogP contribution is -2.05. The fourth-order valence-corrected chi connectivity index (χ4v) is 4.02. The molecule has 3 heterocycles. The molecule has 1 atom stereocenters. The third kappa shape index (κ3) is 2.37. The summed E-state index contributed by atoms with van der Waals surface area (Å²) in [6.45, 7) is 2.44. The minimum atomic E-state index is -0.458. The van der Waals surface area contributed by atoms with Crippen LogP contribution in [0.15, 0.2) is 35.7 Å². The second-order valence-corrected chi connectivity index (χ2v) is 6.36. The molecule has 0 radical (unpaired) electrons. The van der Waals surface area contributed by atoms with Crippen LogP contribution in [0.3, 0.4) is 0 Å². The molecule has 1 aliphatic heterocycles.